The van der Waals surface area contributed by atoms with Crippen LogP contribution in [0.2, 0.25) is 0 Å². The Morgan fingerprint density at radius 1 is 0.933 bits per heavy atom. The van der Waals surface area contributed by atoms with Crippen LogP contribution in [0.15, 0.2) is 59.7 Å². The zero-order chi connectivity index (χ0) is 20.7. The standard InChI is InChI=1S/C21H22N6O3/c28-20(17-7-4-8-18(9-17)27(29)30)23-22-19(16-5-2-1-3-6-16)21-10-24-13-25(11-21)15-26(12-21)14-24/h1-9H,10-15H2,(H,23,28)/p+3. The van der Waals surface area contributed by atoms with Crippen molar-refractivity contribution in [3.63, 3.8) is 0 Å². The van der Waals surface area contributed by atoms with Crippen molar-refractivity contribution in [3.8, 4) is 0 Å². The van der Waals surface area contributed by atoms with Gasteiger partial charge in [-0.25, -0.2) is 20.1 Å². The van der Waals surface area contributed by atoms with E-state index in [-0.39, 0.29) is 16.7 Å². The average molecular weight is 409 g/mol. The maximum absolute atomic E-state index is 12.7. The predicted octanol–water partition coefficient (Wildman–Crippen LogP) is -2.72. The van der Waals surface area contributed by atoms with Crippen LogP contribution < -0.4 is 20.1 Å². The van der Waals surface area contributed by atoms with E-state index in [0.717, 1.165) is 50.9 Å². The molecule has 0 saturated carbocycles. The van der Waals surface area contributed by atoms with Crippen LogP contribution in [0.3, 0.4) is 0 Å². The van der Waals surface area contributed by atoms with Crippen molar-refractivity contribution in [1.82, 2.24) is 5.43 Å². The SMILES string of the molecule is O=C(NN=C(c1ccccc1)C12C[NH+]3C[NH+](C[NH+](C3)C1)C2)c1cccc([N+](=O)[O-])c1. The van der Waals surface area contributed by atoms with Gasteiger partial charge in [0.2, 0.25) is 20.0 Å². The average Bonchev–Trinajstić information content (AvgIpc) is 2.73. The van der Waals surface area contributed by atoms with Crippen LogP contribution in [0.25, 0.3) is 0 Å². The van der Waals surface area contributed by atoms with E-state index in [1.165, 1.54) is 18.2 Å². The minimum Gasteiger partial charge on any atom is -0.267 e. The molecule has 0 aliphatic carbocycles. The third-order valence-corrected chi connectivity index (χ3v) is 6.40. The first-order chi connectivity index (χ1) is 14.5. The number of hydrazone groups is 1. The molecule has 9 nitrogen and oxygen atoms in total. The summed E-state index contributed by atoms with van der Waals surface area (Å²) in [5.41, 5.74) is 4.64. The number of nitrogens with one attached hydrogen (secondary N) is 4. The molecular weight excluding hydrogens is 384 g/mol. The number of carbonyl (C=O) groups excluding carboxylic acids is 1. The Kier molecular flexibility index (Phi) is 4.58. The van der Waals surface area contributed by atoms with Gasteiger partial charge in [-0.2, -0.15) is 5.10 Å². The third kappa shape index (κ3) is 3.36. The Bertz CT molecular complexity index is 987. The Morgan fingerprint density at radius 2 is 1.53 bits per heavy atom. The summed E-state index contributed by atoms with van der Waals surface area (Å²) in [5.74, 6) is -0.440. The van der Waals surface area contributed by atoms with Gasteiger partial charge < -0.3 is 0 Å². The van der Waals surface area contributed by atoms with Crippen LogP contribution >= 0.6 is 0 Å². The number of nitro benzene ring substituents is 1. The fraction of sp³-hybridized carbons (Fsp3) is 0.333. The summed E-state index contributed by atoms with van der Waals surface area (Å²) < 4.78 is 0. The predicted molar refractivity (Wildman–Crippen MR) is 108 cm³/mol. The molecule has 0 spiro atoms. The molecule has 4 saturated heterocycles. The second-order valence-corrected chi connectivity index (χ2v) is 8.67. The molecule has 4 aliphatic heterocycles. The summed E-state index contributed by atoms with van der Waals surface area (Å²) in [6.45, 7) is 6.48. The van der Waals surface area contributed by atoms with Crippen molar-refractivity contribution >= 4 is 17.3 Å². The quantitative estimate of drug-likeness (QED) is 0.246. The van der Waals surface area contributed by atoms with Crippen LogP contribution in [0.5, 0.6) is 0 Å². The van der Waals surface area contributed by atoms with Crippen LogP contribution in [0.4, 0.5) is 5.69 Å². The molecule has 30 heavy (non-hydrogen) atoms. The van der Waals surface area contributed by atoms with Gasteiger partial charge in [0.1, 0.15) is 19.6 Å². The van der Waals surface area contributed by atoms with E-state index in [1.807, 2.05) is 30.3 Å². The number of nitrogens with zero attached hydrogens (tertiary/aromatic N) is 2. The molecule has 4 N–H and O–H groups in total. The van der Waals surface area contributed by atoms with Crippen molar-refractivity contribution in [2.45, 2.75) is 0 Å². The van der Waals surface area contributed by atoms with Crippen molar-refractivity contribution < 1.29 is 24.4 Å². The van der Waals surface area contributed by atoms with Gasteiger partial charge in [0.15, 0.2) is 5.41 Å². The highest BCUT2D eigenvalue weighted by Crippen LogP contribution is 2.23. The molecule has 0 aromatic heterocycles. The number of rotatable bonds is 5. The monoisotopic (exact) mass is 409 g/mol. The second kappa shape index (κ2) is 7.28. The van der Waals surface area contributed by atoms with Crippen molar-refractivity contribution in [2.75, 3.05) is 39.6 Å². The van der Waals surface area contributed by atoms with Gasteiger partial charge >= 0.3 is 0 Å². The van der Waals surface area contributed by atoms with Gasteiger partial charge in [-0.15, -0.1) is 0 Å². The van der Waals surface area contributed by atoms with Crippen molar-refractivity contribution in [1.29, 1.82) is 0 Å². The normalized spacial score (nSPS) is 29.6. The van der Waals surface area contributed by atoms with Crippen molar-refractivity contribution in [2.24, 2.45) is 10.5 Å². The minimum absolute atomic E-state index is 0.0912. The number of benzene rings is 2. The molecule has 9 heteroatoms. The second-order valence-electron chi connectivity index (χ2n) is 8.67. The maximum atomic E-state index is 12.7. The summed E-state index contributed by atoms with van der Waals surface area (Å²) in [5, 5.41) is 15.7. The van der Waals surface area contributed by atoms with E-state index < -0.39 is 10.8 Å². The molecule has 0 radical (unpaired) electrons. The first-order valence-electron chi connectivity index (χ1n) is 10.2. The molecule has 1 amide bonds. The highest BCUT2D eigenvalue weighted by atomic mass is 16.6. The number of hydrogen-bond donors (Lipinski definition) is 4. The van der Waals surface area contributed by atoms with Gasteiger partial charge in [-0.1, -0.05) is 36.4 Å². The highest BCUT2D eigenvalue weighted by Gasteiger charge is 2.60. The van der Waals surface area contributed by atoms with Gasteiger partial charge in [0, 0.05) is 17.7 Å². The smallest absolute Gasteiger partial charge is 0.267 e. The zero-order valence-corrected chi connectivity index (χ0v) is 16.6. The Balaban J connectivity index is 1.47. The Morgan fingerprint density at radius 3 is 2.13 bits per heavy atom. The first-order valence-corrected chi connectivity index (χ1v) is 10.2. The molecule has 2 aromatic rings. The molecule has 2 aromatic carbocycles. The molecule has 4 aliphatic rings. The highest BCUT2D eigenvalue weighted by molar-refractivity contribution is 6.06. The van der Waals surface area contributed by atoms with Crippen LogP contribution in [-0.2, 0) is 0 Å². The molecule has 0 unspecified atom stereocenters. The number of quaternary nitrogens is 3. The number of non-ortho nitro benzene ring substituents is 1. The molecule has 6 rings (SSSR count). The van der Waals surface area contributed by atoms with Gasteiger partial charge in [-0.3, -0.25) is 14.9 Å². The van der Waals surface area contributed by atoms with Crippen LogP contribution in [0.1, 0.15) is 15.9 Å². The molecule has 0 atom stereocenters. The lowest BCUT2D eigenvalue weighted by atomic mass is 9.74. The number of carbonyl (C=O) groups is 1. The maximum Gasteiger partial charge on any atom is 0.271 e. The molecule has 4 heterocycles. The summed E-state index contributed by atoms with van der Waals surface area (Å²) >= 11 is 0. The van der Waals surface area contributed by atoms with E-state index >= 15 is 0 Å². The van der Waals surface area contributed by atoms with E-state index in [4.69, 9.17) is 0 Å². The summed E-state index contributed by atoms with van der Waals surface area (Å²) in [6, 6.07) is 15.7. The third-order valence-electron chi connectivity index (χ3n) is 6.40. The Labute approximate surface area is 173 Å². The van der Waals surface area contributed by atoms with Gasteiger partial charge in [-0.05, 0) is 11.6 Å². The summed E-state index contributed by atoms with van der Waals surface area (Å²) in [7, 11) is 0. The molecule has 4 fully saturated rings. The topological polar surface area (TPSA) is 97.9 Å². The molecule has 4 bridgehead atoms. The van der Waals surface area contributed by atoms with E-state index in [1.54, 1.807) is 20.8 Å². The van der Waals surface area contributed by atoms with Gasteiger partial charge in [0.05, 0.1) is 10.6 Å². The fourth-order valence-corrected chi connectivity index (χ4v) is 5.51. The number of nitro groups is 1. The zero-order valence-electron chi connectivity index (χ0n) is 16.6. The number of amides is 1. The van der Waals surface area contributed by atoms with E-state index in [0.29, 0.717) is 0 Å². The van der Waals surface area contributed by atoms with E-state index in [2.05, 4.69) is 10.5 Å². The van der Waals surface area contributed by atoms with E-state index in [9.17, 15) is 14.9 Å². The largest absolute Gasteiger partial charge is 0.271 e. The minimum atomic E-state index is -0.503. The summed E-state index contributed by atoms with van der Waals surface area (Å²) in [4.78, 5) is 28.0. The number of hydrogen-bond acceptors (Lipinski definition) is 4. The van der Waals surface area contributed by atoms with Gasteiger partial charge in [0.25, 0.3) is 11.6 Å². The first kappa shape index (κ1) is 18.9. The lowest BCUT2D eigenvalue weighted by Crippen LogP contribution is -3.56. The molecule has 154 valence electrons. The van der Waals surface area contributed by atoms with Crippen molar-refractivity contribution in [3.05, 3.63) is 75.8 Å². The molecular formula is C21H25N6O3+3. The lowest BCUT2D eigenvalue weighted by molar-refractivity contribution is -1.30. The summed E-state index contributed by atoms with van der Waals surface area (Å²) in [6.07, 6.45) is 0. The lowest BCUT2D eigenvalue weighted by Gasteiger charge is -2.52. The fourth-order valence-electron chi connectivity index (χ4n) is 5.51. The van der Waals surface area contributed by atoms with Crippen LogP contribution in [0, 0.1) is 15.5 Å². The Hall–Kier alpha value is -3.14. The van der Waals surface area contributed by atoms with Crippen LogP contribution in [-0.4, -0.2) is 56.2 Å².